The smallest absolute Gasteiger partial charge is 0.191 e. The minimum Gasteiger partial charge on any atom is -0.390 e. The molecule has 0 spiro atoms. The van der Waals surface area contributed by atoms with Crippen molar-refractivity contribution in [2.45, 2.75) is 19.1 Å². The van der Waals surface area contributed by atoms with Crippen LogP contribution in [0.5, 0.6) is 0 Å². The molecule has 1 aromatic carbocycles. The first-order chi connectivity index (χ1) is 11.2. The van der Waals surface area contributed by atoms with Gasteiger partial charge in [0.15, 0.2) is 5.96 Å². The molecule has 2 aliphatic heterocycles. The first kappa shape index (κ1) is 16.6. The molecule has 0 aliphatic carbocycles. The van der Waals surface area contributed by atoms with E-state index in [9.17, 15) is 5.11 Å². The number of guanidine groups is 1. The van der Waals surface area contributed by atoms with Crippen LogP contribution in [0.1, 0.15) is 11.1 Å². The molecule has 3 rings (SSSR count). The maximum absolute atomic E-state index is 10.3. The van der Waals surface area contributed by atoms with E-state index in [0.717, 1.165) is 44.1 Å². The van der Waals surface area contributed by atoms with Crippen LogP contribution in [0.2, 0.25) is 0 Å². The summed E-state index contributed by atoms with van der Waals surface area (Å²) in [6.45, 7) is 4.86. The van der Waals surface area contributed by atoms with Crippen LogP contribution in [0.15, 0.2) is 29.3 Å². The monoisotopic (exact) mass is 334 g/mol. The summed E-state index contributed by atoms with van der Waals surface area (Å²) in [6.07, 6.45) is 0.595. The average molecular weight is 334 g/mol. The maximum Gasteiger partial charge on any atom is 0.191 e. The summed E-state index contributed by atoms with van der Waals surface area (Å²) in [6, 6.07) is 8.56. The number of aliphatic hydroxyl groups is 1. The van der Waals surface area contributed by atoms with Gasteiger partial charge in [0, 0.05) is 44.2 Å². The van der Waals surface area contributed by atoms with Gasteiger partial charge in [-0.2, -0.15) is 11.8 Å². The van der Waals surface area contributed by atoms with Gasteiger partial charge in [-0.15, -0.1) is 0 Å². The van der Waals surface area contributed by atoms with E-state index in [1.54, 1.807) is 0 Å². The number of aliphatic hydroxyl groups excluding tert-OH is 1. The number of β-amino-alcohol motifs (C(OH)–C–C–N with tert-alkyl or cyclic N) is 1. The van der Waals surface area contributed by atoms with Gasteiger partial charge in [0.1, 0.15) is 0 Å². The molecule has 0 saturated carbocycles. The van der Waals surface area contributed by atoms with E-state index in [4.69, 9.17) is 5.73 Å². The predicted molar refractivity (Wildman–Crippen MR) is 96.8 cm³/mol. The average Bonchev–Trinajstić information content (AvgIpc) is 2.60. The molecule has 126 valence electrons. The Morgan fingerprint density at radius 2 is 1.96 bits per heavy atom. The number of thioether (sulfide) groups is 1. The van der Waals surface area contributed by atoms with Crippen LogP contribution in [-0.4, -0.2) is 71.2 Å². The molecule has 1 fully saturated rings. The molecule has 3 N–H and O–H groups in total. The summed E-state index contributed by atoms with van der Waals surface area (Å²) in [5.41, 5.74) is 8.84. The van der Waals surface area contributed by atoms with Gasteiger partial charge in [-0.05, 0) is 17.5 Å². The van der Waals surface area contributed by atoms with Crippen molar-refractivity contribution in [3.05, 3.63) is 35.4 Å². The second-order valence-corrected chi connectivity index (χ2v) is 7.43. The second-order valence-electron chi connectivity index (χ2n) is 6.21. The van der Waals surface area contributed by atoms with Crippen LogP contribution in [-0.2, 0) is 13.0 Å². The molecule has 1 atom stereocenters. The summed E-state index contributed by atoms with van der Waals surface area (Å²) in [4.78, 5) is 8.81. The molecule has 0 amide bonds. The Labute approximate surface area is 142 Å². The number of aliphatic imine (C=N–C) groups is 1. The molecule has 0 bridgehead atoms. The Morgan fingerprint density at radius 3 is 2.74 bits per heavy atom. The van der Waals surface area contributed by atoms with Crippen molar-refractivity contribution < 1.29 is 5.11 Å². The van der Waals surface area contributed by atoms with E-state index in [-0.39, 0.29) is 0 Å². The topological polar surface area (TPSA) is 65.1 Å². The van der Waals surface area contributed by atoms with Crippen LogP contribution in [0.25, 0.3) is 0 Å². The molecule has 2 heterocycles. The first-order valence-electron chi connectivity index (χ1n) is 8.32. The van der Waals surface area contributed by atoms with Gasteiger partial charge >= 0.3 is 0 Å². The minimum absolute atomic E-state index is 0.383. The zero-order chi connectivity index (χ0) is 16.1. The third kappa shape index (κ3) is 4.62. The van der Waals surface area contributed by atoms with Crippen molar-refractivity contribution in [1.29, 1.82) is 0 Å². The third-order valence-electron chi connectivity index (χ3n) is 4.48. The highest BCUT2D eigenvalue weighted by Crippen LogP contribution is 2.18. The normalized spacial score (nSPS) is 21.1. The van der Waals surface area contributed by atoms with Crippen molar-refractivity contribution in [2.24, 2.45) is 10.7 Å². The van der Waals surface area contributed by atoms with Crippen molar-refractivity contribution in [1.82, 2.24) is 9.80 Å². The van der Waals surface area contributed by atoms with Crippen molar-refractivity contribution in [2.75, 3.05) is 44.2 Å². The van der Waals surface area contributed by atoms with E-state index in [2.05, 4.69) is 39.1 Å². The number of fused-ring (bicyclic) bond motifs is 1. The van der Waals surface area contributed by atoms with E-state index in [1.165, 1.54) is 11.1 Å². The highest BCUT2D eigenvalue weighted by Gasteiger charge is 2.18. The lowest BCUT2D eigenvalue weighted by molar-refractivity contribution is 0.111. The first-order valence-corrected chi connectivity index (χ1v) is 9.47. The number of nitrogens with two attached hydrogens (primary N) is 1. The van der Waals surface area contributed by atoms with Crippen molar-refractivity contribution >= 4 is 17.7 Å². The summed E-state index contributed by atoms with van der Waals surface area (Å²) < 4.78 is 0. The molecule has 6 heteroatoms. The molecule has 23 heavy (non-hydrogen) atoms. The summed E-state index contributed by atoms with van der Waals surface area (Å²) in [5, 5.41) is 10.3. The minimum atomic E-state index is -0.460. The van der Waals surface area contributed by atoms with Crippen LogP contribution < -0.4 is 5.73 Å². The van der Waals surface area contributed by atoms with Crippen molar-refractivity contribution in [3.63, 3.8) is 0 Å². The molecule has 5 nitrogen and oxygen atoms in total. The largest absolute Gasteiger partial charge is 0.390 e. The third-order valence-corrected chi connectivity index (χ3v) is 5.42. The molecular formula is C17H26N4OS. The summed E-state index contributed by atoms with van der Waals surface area (Å²) >= 11 is 1.95. The fourth-order valence-electron chi connectivity index (χ4n) is 3.16. The predicted octanol–water partition coefficient (Wildman–Crippen LogP) is 0.769. The number of hydrogen-bond donors (Lipinski definition) is 2. The van der Waals surface area contributed by atoms with Gasteiger partial charge in [-0.3, -0.25) is 9.89 Å². The van der Waals surface area contributed by atoms with Crippen molar-refractivity contribution in [3.8, 4) is 0 Å². The summed E-state index contributed by atoms with van der Waals surface area (Å²) in [5.74, 6) is 2.78. The van der Waals surface area contributed by atoms with Gasteiger partial charge in [0.2, 0.25) is 0 Å². The maximum atomic E-state index is 10.3. The number of nitrogens with zero attached hydrogens (tertiary/aromatic N) is 3. The highest BCUT2D eigenvalue weighted by molar-refractivity contribution is 7.99. The summed E-state index contributed by atoms with van der Waals surface area (Å²) in [7, 11) is 0. The van der Waals surface area contributed by atoms with Crippen LogP contribution in [0.4, 0.5) is 0 Å². The molecule has 2 aliphatic rings. The van der Waals surface area contributed by atoms with E-state index in [0.29, 0.717) is 19.0 Å². The Kier molecular flexibility index (Phi) is 5.80. The quantitative estimate of drug-likeness (QED) is 0.629. The lowest BCUT2D eigenvalue weighted by Crippen LogP contribution is -2.43. The lowest BCUT2D eigenvalue weighted by Gasteiger charge is -2.30. The number of rotatable bonds is 4. The lowest BCUT2D eigenvalue weighted by atomic mass is 10.00. The fourth-order valence-corrected chi connectivity index (χ4v) is 4.06. The Morgan fingerprint density at radius 1 is 1.22 bits per heavy atom. The SMILES string of the molecule is NC(=NCC(O)CN1CCc2ccccc2C1)N1CCSCC1. The molecular weight excluding hydrogens is 308 g/mol. The van der Waals surface area contributed by atoms with Crippen LogP contribution in [0.3, 0.4) is 0 Å². The van der Waals surface area contributed by atoms with E-state index >= 15 is 0 Å². The molecule has 1 aromatic rings. The van der Waals surface area contributed by atoms with Gasteiger partial charge in [-0.25, -0.2) is 0 Å². The van der Waals surface area contributed by atoms with Crippen LogP contribution in [0, 0.1) is 0 Å². The fraction of sp³-hybridized carbons (Fsp3) is 0.588. The molecule has 1 unspecified atom stereocenters. The van der Waals surface area contributed by atoms with Gasteiger partial charge in [0.05, 0.1) is 12.6 Å². The zero-order valence-electron chi connectivity index (χ0n) is 13.5. The standard InChI is InChI=1S/C17H26N4OS/c18-17(21-7-9-23-10-8-21)19-11-16(22)13-20-6-5-14-3-1-2-4-15(14)12-20/h1-4,16,22H,5-13H2,(H2,18,19). The van der Waals surface area contributed by atoms with Crippen LogP contribution >= 0.6 is 11.8 Å². The number of benzene rings is 1. The Hall–Kier alpha value is -1.24. The molecule has 1 saturated heterocycles. The van der Waals surface area contributed by atoms with E-state index in [1.807, 2.05) is 11.8 Å². The molecule has 0 radical (unpaired) electrons. The molecule has 0 aromatic heterocycles. The number of hydrogen-bond acceptors (Lipinski definition) is 4. The van der Waals surface area contributed by atoms with Gasteiger partial charge in [-0.1, -0.05) is 24.3 Å². The van der Waals surface area contributed by atoms with Gasteiger partial charge < -0.3 is 15.7 Å². The van der Waals surface area contributed by atoms with E-state index < -0.39 is 6.10 Å². The second kappa shape index (κ2) is 8.04. The Bertz CT molecular complexity index is 545. The Balaban J connectivity index is 1.47. The van der Waals surface area contributed by atoms with Gasteiger partial charge in [0.25, 0.3) is 0 Å². The zero-order valence-corrected chi connectivity index (χ0v) is 14.3. The highest BCUT2D eigenvalue weighted by atomic mass is 32.2.